The number of hydrogen-bond acceptors (Lipinski definition) is 3. The first-order valence-corrected chi connectivity index (χ1v) is 4.93. The van der Waals surface area contributed by atoms with E-state index < -0.39 is 11.9 Å². The minimum absolute atomic E-state index is 0.288. The summed E-state index contributed by atoms with van der Waals surface area (Å²) < 4.78 is 0. The van der Waals surface area contributed by atoms with Crippen molar-refractivity contribution in [1.82, 2.24) is 4.98 Å². The Balaban J connectivity index is 3.01. The van der Waals surface area contributed by atoms with Crippen LogP contribution in [0.1, 0.15) is 31.7 Å². The number of nitrogens with zero attached hydrogens (tertiary/aromatic N) is 1. The molecular weight excluding hydrogens is 186 g/mol. The molecule has 4 heteroatoms. The van der Waals surface area contributed by atoms with Crippen molar-refractivity contribution in [3.63, 3.8) is 0 Å². The van der Waals surface area contributed by atoms with Crippen LogP contribution in [0.2, 0.25) is 0 Å². The highest BCUT2D eigenvalue weighted by Gasteiger charge is 2.34. The van der Waals surface area contributed by atoms with Gasteiger partial charge in [-0.05, 0) is 5.41 Å². The van der Waals surface area contributed by atoms with E-state index in [0.29, 0.717) is 5.01 Å². The Morgan fingerprint density at radius 2 is 2.23 bits per heavy atom. The van der Waals surface area contributed by atoms with Gasteiger partial charge in [0.25, 0.3) is 0 Å². The smallest absolute Gasteiger partial charge is 0.314 e. The molecule has 0 bridgehead atoms. The van der Waals surface area contributed by atoms with E-state index in [1.807, 2.05) is 20.8 Å². The largest absolute Gasteiger partial charge is 0.481 e. The molecule has 0 aliphatic rings. The normalized spacial score (nSPS) is 14.1. The van der Waals surface area contributed by atoms with Crippen LogP contribution in [0, 0.1) is 5.41 Å². The van der Waals surface area contributed by atoms with Gasteiger partial charge in [-0.3, -0.25) is 4.79 Å². The molecule has 0 saturated carbocycles. The molecule has 0 saturated heterocycles. The van der Waals surface area contributed by atoms with Crippen molar-refractivity contribution in [3.8, 4) is 0 Å². The van der Waals surface area contributed by atoms with E-state index in [1.165, 1.54) is 11.3 Å². The lowest BCUT2D eigenvalue weighted by Crippen LogP contribution is -2.25. The van der Waals surface area contributed by atoms with Gasteiger partial charge in [-0.25, -0.2) is 4.98 Å². The second kappa shape index (κ2) is 3.46. The van der Waals surface area contributed by atoms with Crippen LogP contribution in [0.4, 0.5) is 0 Å². The van der Waals surface area contributed by atoms with Crippen molar-refractivity contribution in [3.05, 3.63) is 16.6 Å². The number of carboxylic acids is 1. The van der Waals surface area contributed by atoms with Gasteiger partial charge in [0, 0.05) is 11.6 Å². The van der Waals surface area contributed by atoms with Crippen LogP contribution in [0.5, 0.6) is 0 Å². The van der Waals surface area contributed by atoms with E-state index >= 15 is 0 Å². The van der Waals surface area contributed by atoms with Crippen LogP contribution in [-0.4, -0.2) is 16.1 Å². The van der Waals surface area contributed by atoms with Gasteiger partial charge in [-0.2, -0.15) is 0 Å². The first-order valence-electron chi connectivity index (χ1n) is 4.05. The SMILES string of the molecule is CC(C)(C)C(C(=O)O)c1nccs1. The molecule has 1 N–H and O–H groups in total. The van der Waals surface area contributed by atoms with Crippen LogP contribution in [0.25, 0.3) is 0 Å². The summed E-state index contributed by atoms with van der Waals surface area (Å²) in [6.07, 6.45) is 1.64. The first kappa shape index (κ1) is 10.2. The van der Waals surface area contributed by atoms with Crippen LogP contribution in [0.15, 0.2) is 11.6 Å². The quantitative estimate of drug-likeness (QED) is 0.795. The lowest BCUT2D eigenvalue weighted by Gasteiger charge is -2.24. The molecule has 0 aliphatic heterocycles. The Morgan fingerprint density at radius 1 is 1.62 bits per heavy atom. The third kappa shape index (κ3) is 2.28. The molecule has 0 radical (unpaired) electrons. The molecule has 3 nitrogen and oxygen atoms in total. The van der Waals surface area contributed by atoms with Crippen LogP contribution in [-0.2, 0) is 4.79 Å². The molecule has 0 fully saturated rings. The number of hydrogen-bond donors (Lipinski definition) is 1. The zero-order valence-electron chi connectivity index (χ0n) is 7.94. The molecule has 1 heterocycles. The van der Waals surface area contributed by atoms with Crippen molar-refractivity contribution < 1.29 is 9.90 Å². The van der Waals surface area contributed by atoms with Gasteiger partial charge in [0.15, 0.2) is 0 Å². The fraction of sp³-hybridized carbons (Fsp3) is 0.556. The molecule has 1 unspecified atom stereocenters. The number of aromatic nitrogens is 1. The maximum absolute atomic E-state index is 11.0. The number of thiazole rings is 1. The Bertz CT molecular complexity index is 287. The number of carbonyl (C=O) groups is 1. The van der Waals surface area contributed by atoms with Gasteiger partial charge in [-0.1, -0.05) is 20.8 Å². The maximum atomic E-state index is 11.0. The van der Waals surface area contributed by atoms with Gasteiger partial charge in [-0.15, -0.1) is 11.3 Å². The lowest BCUT2D eigenvalue weighted by molar-refractivity contribution is -0.141. The third-order valence-electron chi connectivity index (χ3n) is 1.81. The highest BCUT2D eigenvalue weighted by atomic mass is 32.1. The highest BCUT2D eigenvalue weighted by Crippen LogP contribution is 2.35. The van der Waals surface area contributed by atoms with E-state index in [4.69, 9.17) is 5.11 Å². The van der Waals surface area contributed by atoms with Crippen LogP contribution < -0.4 is 0 Å². The molecule has 1 atom stereocenters. The summed E-state index contributed by atoms with van der Waals surface area (Å²) in [6, 6.07) is 0. The summed E-state index contributed by atoms with van der Waals surface area (Å²) in [5.41, 5.74) is -0.288. The van der Waals surface area contributed by atoms with Crippen molar-refractivity contribution in [2.45, 2.75) is 26.7 Å². The second-order valence-electron chi connectivity index (χ2n) is 4.01. The zero-order valence-corrected chi connectivity index (χ0v) is 8.76. The Hall–Kier alpha value is -0.900. The first-order chi connectivity index (χ1) is 5.93. The molecule has 1 aromatic heterocycles. The van der Waals surface area contributed by atoms with Crippen molar-refractivity contribution in [2.75, 3.05) is 0 Å². The number of rotatable bonds is 2. The average Bonchev–Trinajstić information content (AvgIpc) is 2.34. The third-order valence-corrected chi connectivity index (χ3v) is 2.65. The average molecular weight is 199 g/mol. The fourth-order valence-corrected chi connectivity index (χ4v) is 2.20. The summed E-state index contributed by atoms with van der Waals surface area (Å²) in [5.74, 6) is -1.31. The Kier molecular flexibility index (Phi) is 2.71. The maximum Gasteiger partial charge on any atom is 0.314 e. The minimum Gasteiger partial charge on any atom is -0.481 e. The van der Waals surface area contributed by atoms with Gasteiger partial charge in [0.2, 0.25) is 0 Å². The van der Waals surface area contributed by atoms with Crippen molar-refractivity contribution in [2.24, 2.45) is 5.41 Å². The Morgan fingerprint density at radius 3 is 2.54 bits per heavy atom. The highest BCUT2D eigenvalue weighted by molar-refractivity contribution is 7.09. The topological polar surface area (TPSA) is 50.2 Å². The van der Waals surface area contributed by atoms with Crippen molar-refractivity contribution >= 4 is 17.3 Å². The summed E-state index contributed by atoms with van der Waals surface area (Å²) in [6.45, 7) is 5.73. The summed E-state index contributed by atoms with van der Waals surface area (Å²) in [5, 5.41) is 11.5. The molecule has 0 amide bonds. The Labute approximate surface area is 81.4 Å². The molecule has 13 heavy (non-hydrogen) atoms. The van der Waals surface area contributed by atoms with E-state index in [1.54, 1.807) is 11.6 Å². The summed E-state index contributed by atoms with van der Waals surface area (Å²) >= 11 is 1.39. The number of carboxylic acid groups (broad SMARTS) is 1. The molecule has 1 aromatic rings. The minimum atomic E-state index is -0.803. The number of aliphatic carboxylic acids is 1. The van der Waals surface area contributed by atoms with Gasteiger partial charge in [0.1, 0.15) is 10.9 Å². The molecular formula is C9H13NO2S. The monoisotopic (exact) mass is 199 g/mol. The molecule has 0 aromatic carbocycles. The molecule has 0 spiro atoms. The predicted octanol–water partition coefficient (Wildman–Crippen LogP) is 2.36. The summed E-state index contributed by atoms with van der Waals surface area (Å²) in [4.78, 5) is 15.1. The predicted molar refractivity (Wildman–Crippen MR) is 51.9 cm³/mol. The van der Waals surface area contributed by atoms with E-state index in [0.717, 1.165) is 0 Å². The molecule has 1 rings (SSSR count). The van der Waals surface area contributed by atoms with E-state index in [2.05, 4.69) is 4.98 Å². The van der Waals surface area contributed by atoms with Gasteiger partial charge < -0.3 is 5.11 Å². The second-order valence-corrected chi connectivity index (χ2v) is 4.93. The van der Waals surface area contributed by atoms with Crippen LogP contribution >= 0.6 is 11.3 Å². The van der Waals surface area contributed by atoms with E-state index in [-0.39, 0.29) is 5.41 Å². The molecule has 0 aliphatic carbocycles. The lowest BCUT2D eigenvalue weighted by atomic mass is 9.81. The summed E-state index contributed by atoms with van der Waals surface area (Å²) in [7, 11) is 0. The molecule has 72 valence electrons. The van der Waals surface area contributed by atoms with Gasteiger partial charge in [0.05, 0.1) is 0 Å². The van der Waals surface area contributed by atoms with E-state index in [9.17, 15) is 4.79 Å². The zero-order chi connectivity index (χ0) is 10.1. The van der Waals surface area contributed by atoms with Crippen molar-refractivity contribution in [1.29, 1.82) is 0 Å². The van der Waals surface area contributed by atoms with Crippen LogP contribution in [0.3, 0.4) is 0 Å². The standard InChI is InChI=1S/C9H13NO2S/c1-9(2,3)6(8(11)12)7-10-4-5-13-7/h4-6H,1-3H3,(H,11,12). The van der Waals surface area contributed by atoms with Gasteiger partial charge >= 0.3 is 5.97 Å². The fourth-order valence-electron chi connectivity index (χ4n) is 1.22.